The molecule has 3 N–H and O–H groups in total. The molecule has 0 aromatic carbocycles. The predicted octanol–water partition coefficient (Wildman–Crippen LogP) is 2.12. The summed E-state index contributed by atoms with van der Waals surface area (Å²) in [6.07, 6.45) is -3.21. The zero-order valence-corrected chi connectivity index (χ0v) is 9.67. The van der Waals surface area contributed by atoms with Crippen molar-refractivity contribution in [3.8, 4) is 0 Å². The lowest BCUT2D eigenvalue weighted by Gasteiger charge is -2.10. The van der Waals surface area contributed by atoms with Crippen molar-refractivity contribution in [2.24, 2.45) is 0 Å². The van der Waals surface area contributed by atoms with Crippen LogP contribution in [0.15, 0.2) is 6.07 Å². The van der Waals surface area contributed by atoms with E-state index in [1.165, 1.54) is 6.07 Å². The number of carboxylic acid groups (broad SMARTS) is 1. The van der Waals surface area contributed by atoms with Gasteiger partial charge in [0.1, 0.15) is 0 Å². The fourth-order valence-electron chi connectivity index (χ4n) is 1.22. The van der Waals surface area contributed by atoms with Gasteiger partial charge in [-0.3, -0.25) is 9.78 Å². The average Bonchev–Trinajstić information content (AvgIpc) is 2.19. The molecule has 7 heteroatoms. The number of hydrogen-bond acceptors (Lipinski definition) is 3. The second kappa shape index (κ2) is 5.20. The fraction of sp³-hybridized carbons (Fsp3) is 0.333. The highest BCUT2D eigenvalue weighted by Gasteiger charge is 2.18. The molecule has 0 amide bonds. The Morgan fingerprint density at radius 2 is 2.25 bits per heavy atom. The Kier molecular flexibility index (Phi) is 4.17. The fourth-order valence-corrected chi connectivity index (χ4v) is 1.50. The average molecular weight is 295 g/mol. The molecule has 88 valence electrons. The second-order valence-corrected chi connectivity index (χ2v) is 3.63. The van der Waals surface area contributed by atoms with Gasteiger partial charge in [-0.1, -0.05) is 15.9 Å². The van der Waals surface area contributed by atoms with Gasteiger partial charge in [0.15, 0.2) is 0 Å². The number of carbonyl (C=O) groups is 1. The van der Waals surface area contributed by atoms with E-state index in [1.807, 2.05) is 0 Å². The van der Waals surface area contributed by atoms with Crippen LogP contribution in [0.1, 0.15) is 23.4 Å². The standard InChI is InChI=1S/C9H9BrF2N2O2/c10-3-4-1-5(9(11)12)8(13)6(14-4)2-7(15)16/h1,9H,2-3,13H2,(H,15,16). The number of carboxylic acids is 1. The topological polar surface area (TPSA) is 76.2 Å². The van der Waals surface area contributed by atoms with Crippen LogP contribution in [0.25, 0.3) is 0 Å². The first-order valence-electron chi connectivity index (χ1n) is 4.29. The molecule has 1 heterocycles. The van der Waals surface area contributed by atoms with Crippen LogP contribution in [0.5, 0.6) is 0 Å². The number of nitrogen functional groups attached to an aromatic ring is 1. The summed E-state index contributed by atoms with van der Waals surface area (Å²) >= 11 is 3.07. The molecule has 0 fully saturated rings. The van der Waals surface area contributed by atoms with Gasteiger partial charge in [0, 0.05) is 10.9 Å². The van der Waals surface area contributed by atoms with Crippen LogP contribution < -0.4 is 5.73 Å². The van der Waals surface area contributed by atoms with Crippen molar-refractivity contribution in [2.45, 2.75) is 18.2 Å². The molecule has 0 spiro atoms. The molecule has 0 saturated heterocycles. The Bertz CT molecular complexity index is 413. The summed E-state index contributed by atoms with van der Waals surface area (Å²) in [4.78, 5) is 14.4. The summed E-state index contributed by atoms with van der Waals surface area (Å²) in [6, 6.07) is 1.17. The number of pyridine rings is 1. The molecule has 1 rings (SSSR count). The SMILES string of the molecule is Nc1c(C(F)F)cc(CBr)nc1CC(=O)O. The Morgan fingerprint density at radius 3 is 2.69 bits per heavy atom. The molecule has 0 aliphatic rings. The Balaban J connectivity index is 3.25. The van der Waals surface area contributed by atoms with Crippen LogP contribution in [0, 0.1) is 0 Å². The zero-order chi connectivity index (χ0) is 12.3. The number of rotatable bonds is 4. The molecule has 0 unspecified atom stereocenters. The minimum atomic E-state index is -2.74. The monoisotopic (exact) mass is 294 g/mol. The molecule has 0 atom stereocenters. The van der Waals surface area contributed by atoms with Gasteiger partial charge >= 0.3 is 5.97 Å². The van der Waals surface area contributed by atoms with Gasteiger partial charge in [-0.15, -0.1) is 0 Å². The molecule has 0 aliphatic heterocycles. The molecule has 1 aromatic rings. The lowest BCUT2D eigenvalue weighted by Crippen LogP contribution is -2.10. The van der Waals surface area contributed by atoms with Crippen molar-refractivity contribution in [2.75, 3.05) is 5.73 Å². The minimum absolute atomic E-state index is 0.0280. The number of anilines is 1. The summed E-state index contributed by atoms with van der Waals surface area (Å²) in [5.74, 6) is -1.16. The van der Waals surface area contributed by atoms with E-state index in [2.05, 4.69) is 20.9 Å². The highest BCUT2D eigenvalue weighted by Crippen LogP contribution is 2.28. The minimum Gasteiger partial charge on any atom is -0.481 e. The maximum absolute atomic E-state index is 12.6. The smallest absolute Gasteiger partial charge is 0.309 e. The van der Waals surface area contributed by atoms with Crippen LogP contribution in [0.3, 0.4) is 0 Å². The van der Waals surface area contributed by atoms with Crippen molar-refractivity contribution in [3.63, 3.8) is 0 Å². The van der Waals surface area contributed by atoms with Crippen LogP contribution in [0.2, 0.25) is 0 Å². The molecule has 16 heavy (non-hydrogen) atoms. The number of hydrogen-bond donors (Lipinski definition) is 2. The highest BCUT2D eigenvalue weighted by molar-refractivity contribution is 9.08. The number of halogens is 3. The highest BCUT2D eigenvalue weighted by atomic mass is 79.9. The van der Waals surface area contributed by atoms with Gasteiger partial charge in [0.2, 0.25) is 0 Å². The normalized spacial score (nSPS) is 10.8. The van der Waals surface area contributed by atoms with E-state index >= 15 is 0 Å². The van der Waals surface area contributed by atoms with Gasteiger partial charge in [-0.2, -0.15) is 0 Å². The Labute approximate surface area is 98.6 Å². The molecule has 0 radical (unpaired) electrons. The van der Waals surface area contributed by atoms with Crippen molar-refractivity contribution in [1.82, 2.24) is 4.98 Å². The maximum Gasteiger partial charge on any atom is 0.309 e. The third-order valence-electron chi connectivity index (χ3n) is 1.91. The molecular weight excluding hydrogens is 286 g/mol. The summed E-state index contributed by atoms with van der Waals surface area (Å²) < 4.78 is 25.2. The van der Waals surface area contributed by atoms with E-state index in [1.54, 1.807) is 0 Å². The van der Waals surface area contributed by atoms with Crippen LogP contribution in [-0.4, -0.2) is 16.1 Å². The number of alkyl halides is 3. The van der Waals surface area contributed by atoms with E-state index in [9.17, 15) is 13.6 Å². The van der Waals surface area contributed by atoms with Crippen molar-refractivity contribution < 1.29 is 18.7 Å². The molecule has 1 aromatic heterocycles. The zero-order valence-electron chi connectivity index (χ0n) is 8.08. The van der Waals surface area contributed by atoms with Gasteiger partial charge in [0.25, 0.3) is 6.43 Å². The van der Waals surface area contributed by atoms with Crippen molar-refractivity contribution in [3.05, 3.63) is 23.0 Å². The van der Waals surface area contributed by atoms with Crippen LogP contribution in [0.4, 0.5) is 14.5 Å². The Hall–Kier alpha value is -1.24. The van der Waals surface area contributed by atoms with E-state index in [0.29, 0.717) is 5.69 Å². The van der Waals surface area contributed by atoms with E-state index in [0.717, 1.165) is 0 Å². The number of nitrogens with two attached hydrogens (primary N) is 1. The van der Waals surface area contributed by atoms with Crippen LogP contribution in [-0.2, 0) is 16.5 Å². The van der Waals surface area contributed by atoms with Gasteiger partial charge in [-0.05, 0) is 6.07 Å². The summed E-state index contributed by atoms with van der Waals surface area (Å²) in [7, 11) is 0. The summed E-state index contributed by atoms with van der Waals surface area (Å²) in [5, 5.41) is 8.85. The van der Waals surface area contributed by atoms with Crippen molar-refractivity contribution in [1.29, 1.82) is 0 Å². The lowest BCUT2D eigenvalue weighted by atomic mass is 10.1. The molecule has 0 aliphatic carbocycles. The third-order valence-corrected chi connectivity index (χ3v) is 2.49. The van der Waals surface area contributed by atoms with E-state index in [-0.39, 0.29) is 22.3 Å². The predicted molar refractivity (Wildman–Crippen MR) is 57.6 cm³/mol. The molecular formula is C9H9BrF2N2O2. The lowest BCUT2D eigenvalue weighted by molar-refractivity contribution is -0.136. The number of aromatic nitrogens is 1. The van der Waals surface area contributed by atoms with E-state index < -0.39 is 18.8 Å². The molecule has 0 saturated carbocycles. The molecule has 4 nitrogen and oxygen atoms in total. The van der Waals surface area contributed by atoms with Crippen molar-refractivity contribution >= 4 is 27.6 Å². The van der Waals surface area contributed by atoms with Gasteiger partial charge < -0.3 is 10.8 Å². The second-order valence-electron chi connectivity index (χ2n) is 3.07. The van der Waals surface area contributed by atoms with Gasteiger partial charge in [-0.25, -0.2) is 8.78 Å². The molecule has 0 bridgehead atoms. The van der Waals surface area contributed by atoms with E-state index in [4.69, 9.17) is 10.8 Å². The maximum atomic E-state index is 12.6. The largest absolute Gasteiger partial charge is 0.481 e. The number of nitrogens with zero attached hydrogens (tertiary/aromatic N) is 1. The first-order valence-corrected chi connectivity index (χ1v) is 5.42. The first kappa shape index (κ1) is 12.8. The quantitative estimate of drug-likeness (QED) is 0.834. The Morgan fingerprint density at radius 1 is 1.62 bits per heavy atom. The summed E-state index contributed by atoms with van der Waals surface area (Å²) in [5.41, 5.74) is 5.12. The summed E-state index contributed by atoms with van der Waals surface area (Å²) in [6.45, 7) is 0. The van der Waals surface area contributed by atoms with Gasteiger partial charge in [0.05, 0.1) is 23.5 Å². The van der Waals surface area contributed by atoms with Crippen LogP contribution >= 0.6 is 15.9 Å². The third kappa shape index (κ3) is 2.88. The first-order chi connectivity index (χ1) is 7.45. The number of aliphatic carboxylic acids is 1.